The summed E-state index contributed by atoms with van der Waals surface area (Å²) in [6, 6.07) is 4.26. The molecule has 3 nitrogen and oxygen atoms in total. The van der Waals surface area contributed by atoms with E-state index in [9.17, 15) is 18.0 Å². The minimum absolute atomic E-state index is 0.239. The number of anilines is 1. The first-order valence-electron chi connectivity index (χ1n) is 6.01. The molecule has 0 aliphatic heterocycles. The van der Waals surface area contributed by atoms with Gasteiger partial charge in [-0.1, -0.05) is 26.0 Å². The van der Waals surface area contributed by atoms with Crippen LogP contribution < -0.4 is 10.6 Å². The van der Waals surface area contributed by atoms with E-state index in [-0.39, 0.29) is 5.69 Å². The van der Waals surface area contributed by atoms with Crippen molar-refractivity contribution < 1.29 is 18.0 Å². The molecule has 106 valence electrons. The summed E-state index contributed by atoms with van der Waals surface area (Å²) in [5.74, 6) is 0.419. The van der Waals surface area contributed by atoms with Crippen molar-refractivity contribution in [3.05, 3.63) is 29.8 Å². The molecule has 6 heteroatoms. The SMILES string of the molecule is CC(C)CCNC(=O)Nc1ccccc1C(F)(F)F. The molecular weight excluding hydrogens is 257 g/mol. The van der Waals surface area contributed by atoms with Crippen LogP contribution in [-0.2, 0) is 6.18 Å². The van der Waals surface area contributed by atoms with Crippen molar-refractivity contribution in [3.63, 3.8) is 0 Å². The number of para-hydroxylation sites is 1. The zero-order valence-corrected chi connectivity index (χ0v) is 10.8. The Balaban J connectivity index is 2.64. The van der Waals surface area contributed by atoms with Gasteiger partial charge in [0.2, 0.25) is 0 Å². The highest BCUT2D eigenvalue weighted by atomic mass is 19.4. The van der Waals surface area contributed by atoms with Crippen LogP contribution in [-0.4, -0.2) is 12.6 Å². The van der Waals surface area contributed by atoms with Gasteiger partial charge in [-0.2, -0.15) is 13.2 Å². The van der Waals surface area contributed by atoms with Crippen molar-refractivity contribution in [2.24, 2.45) is 5.92 Å². The molecule has 0 saturated heterocycles. The summed E-state index contributed by atoms with van der Waals surface area (Å²) in [5, 5.41) is 4.74. The lowest BCUT2D eigenvalue weighted by atomic mass is 10.1. The van der Waals surface area contributed by atoms with Gasteiger partial charge in [-0.25, -0.2) is 4.79 Å². The average Bonchev–Trinajstić information content (AvgIpc) is 2.27. The number of alkyl halides is 3. The lowest BCUT2D eigenvalue weighted by Crippen LogP contribution is -2.31. The van der Waals surface area contributed by atoms with Gasteiger partial charge >= 0.3 is 12.2 Å². The fraction of sp³-hybridized carbons (Fsp3) is 0.462. The molecule has 1 aromatic rings. The smallest absolute Gasteiger partial charge is 0.338 e. The molecule has 1 aromatic carbocycles. The molecule has 0 aromatic heterocycles. The zero-order valence-electron chi connectivity index (χ0n) is 10.8. The Morgan fingerprint density at radius 2 is 1.89 bits per heavy atom. The number of halogens is 3. The van der Waals surface area contributed by atoms with Crippen LogP contribution in [0.1, 0.15) is 25.8 Å². The van der Waals surface area contributed by atoms with Gasteiger partial charge in [0.15, 0.2) is 0 Å². The fourth-order valence-corrected chi connectivity index (χ4v) is 1.48. The Bertz CT molecular complexity index is 430. The first-order chi connectivity index (χ1) is 8.80. The molecule has 0 aliphatic carbocycles. The van der Waals surface area contributed by atoms with E-state index < -0.39 is 17.8 Å². The highest BCUT2D eigenvalue weighted by Gasteiger charge is 2.33. The third-order valence-corrected chi connectivity index (χ3v) is 2.49. The number of nitrogens with one attached hydrogen (secondary N) is 2. The number of hydrogen-bond donors (Lipinski definition) is 2. The summed E-state index contributed by atoms with van der Waals surface area (Å²) >= 11 is 0. The molecule has 0 aliphatic rings. The Kier molecular flexibility index (Phi) is 5.20. The normalized spacial score (nSPS) is 11.5. The fourth-order valence-electron chi connectivity index (χ4n) is 1.48. The minimum Gasteiger partial charge on any atom is -0.338 e. The van der Waals surface area contributed by atoms with Gasteiger partial charge in [0.25, 0.3) is 0 Å². The lowest BCUT2D eigenvalue weighted by Gasteiger charge is -2.14. The quantitative estimate of drug-likeness (QED) is 0.859. The topological polar surface area (TPSA) is 41.1 Å². The summed E-state index contributed by atoms with van der Waals surface area (Å²) in [6.45, 7) is 4.43. The summed E-state index contributed by atoms with van der Waals surface area (Å²) in [5.41, 5.74) is -1.09. The van der Waals surface area contributed by atoms with Crippen molar-refractivity contribution in [2.75, 3.05) is 11.9 Å². The van der Waals surface area contributed by atoms with Gasteiger partial charge in [-0.3, -0.25) is 0 Å². The van der Waals surface area contributed by atoms with Crippen LogP contribution in [0.2, 0.25) is 0 Å². The lowest BCUT2D eigenvalue weighted by molar-refractivity contribution is -0.136. The number of rotatable bonds is 4. The number of carbonyl (C=O) groups excluding carboxylic acids is 1. The first-order valence-corrected chi connectivity index (χ1v) is 6.01. The molecule has 0 bridgehead atoms. The third-order valence-electron chi connectivity index (χ3n) is 2.49. The molecule has 0 atom stereocenters. The Morgan fingerprint density at radius 3 is 2.47 bits per heavy atom. The van der Waals surface area contributed by atoms with Crippen molar-refractivity contribution in [2.45, 2.75) is 26.4 Å². The monoisotopic (exact) mass is 274 g/mol. The summed E-state index contributed by atoms with van der Waals surface area (Å²) < 4.78 is 38.1. The van der Waals surface area contributed by atoms with Crippen LogP contribution in [0.5, 0.6) is 0 Å². The average molecular weight is 274 g/mol. The van der Waals surface area contributed by atoms with Gasteiger partial charge in [-0.15, -0.1) is 0 Å². The number of amides is 2. The number of urea groups is 1. The molecule has 0 spiro atoms. The highest BCUT2D eigenvalue weighted by Crippen LogP contribution is 2.34. The molecule has 0 radical (unpaired) electrons. The standard InChI is InChI=1S/C13H17F3N2O/c1-9(2)7-8-17-12(19)18-11-6-4-3-5-10(11)13(14,15)16/h3-6,9H,7-8H2,1-2H3,(H2,17,18,19). The van der Waals surface area contributed by atoms with Gasteiger partial charge in [0, 0.05) is 6.54 Å². The maximum atomic E-state index is 12.7. The Labute approximate surface area is 110 Å². The maximum absolute atomic E-state index is 12.7. The second-order valence-electron chi connectivity index (χ2n) is 4.61. The first kappa shape index (κ1) is 15.3. The van der Waals surface area contributed by atoms with Gasteiger partial charge < -0.3 is 10.6 Å². The van der Waals surface area contributed by atoms with Crippen LogP contribution in [0.25, 0.3) is 0 Å². The molecule has 19 heavy (non-hydrogen) atoms. The predicted octanol–water partition coefficient (Wildman–Crippen LogP) is 3.87. The molecule has 2 amide bonds. The van der Waals surface area contributed by atoms with Crippen molar-refractivity contribution in [1.82, 2.24) is 5.32 Å². The molecule has 0 saturated carbocycles. The van der Waals surface area contributed by atoms with Gasteiger partial charge in [0.1, 0.15) is 0 Å². The van der Waals surface area contributed by atoms with E-state index in [4.69, 9.17) is 0 Å². The number of benzene rings is 1. The van der Waals surface area contributed by atoms with E-state index >= 15 is 0 Å². The maximum Gasteiger partial charge on any atom is 0.418 e. The van der Waals surface area contributed by atoms with Crippen molar-refractivity contribution in [1.29, 1.82) is 0 Å². The second-order valence-corrected chi connectivity index (χ2v) is 4.61. The summed E-state index contributed by atoms with van der Waals surface area (Å²) in [4.78, 5) is 11.5. The van der Waals surface area contributed by atoms with Crippen LogP contribution in [0, 0.1) is 5.92 Å². The highest BCUT2D eigenvalue weighted by molar-refractivity contribution is 5.90. The number of hydrogen-bond acceptors (Lipinski definition) is 1. The Hall–Kier alpha value is -1.72. The summed E-state index contributed by atoms with van der Waals surface area (Å²) in [6.07, 6.45) is -3.71. The van der Waals surface area contributed by atoms with E-state index in [0.29, 0.717) is 12.5 Å². The predicted molar refractivity (Wildman–Crippen MR) is 67.9 cm³/mol. The van der Waals surface area contributed by atoms with E-state index in [1.54, 1.807) is 0 Å². The van der Waals surface area contributed by atoms with Crippen LogP contribution >= 0.6 is 0 Å². The van der Waals surface area contributed by atoms with Crippen molar-refractivity contribution in [3.8, 4) is 0 Å². The zero-order chi connectivity index (χ0) is 14.5. The second kappa shape index (κ2) is 6.45. The van der Waals surface area contributed by atoms with E-state index in [1.807, 2.05) is 13.8 Å². The van der Waals surface area contributed by atoms with Crippen molar-refractivity contribution >= 4 is 11.7 Å². The van der Waals surface area contributed by atoms with E-state index in [0.717, 1.165) is 12.5 Å². The largest absolute Gasteiger partial charge is 0.418 e. The van der Waals surface area contributed by atoms with Crippen LogP contribution in [0.15, 0.2) is 24.3 Å². The summed E-state index contributed by atoms with van der Waals surface area (Å²) in [7, 11) is 0. The van der Waals surface area contributed by atoms with Crippen LogP contribution in [0.3, 0.4) is 0 Å². The molecule has 0 fully saturated rings. The van der Waals surface area contributed by atoms with E-state index in [1.165, 1.54) is 18.2 Å². The van der Waals surface area contributed by atoms with E-state index in [2.05, 4.69) is 10.6 Å². The third kappa shape index (κ3) is 5.19. The molecule has 1 rings (SSSR count). The number of carbonyl (C=O) groups is 1. The minimum atomic E-state index is -4.48. The Morgan fingerprint density at radius 1 is 1.26 bits per heavy atom. The molecular formula is C13H17F3N2O. The molecule has 0 unspecified atom stereocenters. The molecule has 2 N–H and O–H groups in total. The van der Waals surface area contributed by atoms with Gasteiger partial charge in [-0.05, 0) is 24.5 Å². The van der Waals surface area contributed by atoms with Gasteiger partial charge in [0.05, 0.1) is 11.3 Å². The molecule has 0 heterocycles. The van der Waals surface area contributed by atoms with Crippen LogP contribution in [0.4, 0.5) is 23.7 Å².